The fourth-order valence-corrected chi connectivity index (χ4v) is 6.14. The Labute approximate surface area is 176 Å². The Hall–Kier alpha value is -2.71. The van der Waals surface area contributed by atoms with Gasteiger partial charge >= 0.3 is 0 Å². The summed E-state index contributed by atoms with van der Waals surface area (Å²) in [6, 6.07) is 13.4. The molecule has 2 fully saturated rings. The van der Waals surface area contributed by atoms with Gasteiger partial charge in [-0.1, -0.05) is 31.0 Å². The van der Waals surface area contributed by atoms with Gasteiger partial charge in [0.2, 0.25) is 15.9 Å². The topological polar surface area (TPSA) is 84.0 Å². The highest BCUT2D eigenvalue weighted by Gasteiger charge is 2.49. The van der Waals surface area contributed by atoms with Crippen LogP contribution in [-0.4, -0.2) is 43.7 Å². The lowest BCUT2D eigenvalue weighted by molar-refractivity contribution is -0.122. The van der Waals surface area contributed by atoms with Gasteiger partial charge in [0.15, 0.2) is 0 Å². The molecule has 2 aromatic carbocycles. The van der Waals surface area contributed by atoms with Crippen molar-refractivity contribution in [2.45, 2.75) is 49.1 Å². The van der Waals surface area contributed by atoms with E-state index in [0.717, 1.165) is 17.7 Å². The Morgan fingerprint density at radius 2 is 1.60 bits per heavy atom. The van der Waals surface area contributed by atoms with Crippen LogP contribution in [0.15, 0.2) is 59.5 Å². The summed E-state index contributed by atoms with van der Waals surface area (Å²) >= 11 is 0. The Bertz CT molecular complexity index is 1030. The third kappa shape index (κ3) is 3.61. The monoisotopic (exact) mass is 428 g/mol. The number of hydrogen-bond acceptors (Lipinski definition) is 5. The number of sulfonamides is 1. The van der Waals surface area contributed by atoms with Crippen molar-refractivity contribution in [1.29, 1.82) is 0 Å². The van der Waals surface area contributed by atoms with Crippen molar-refractivity contribution >= 4 is 27.5 Å². The van der Waals surface area contributed by atoms with Crippen LogP contribution in [0.2, 0.25) is 0 Å². The molecule has 4 rings (SSSR count). The summed E-state index contributed by atoms with van der Waals surface area (Å²) in [5.74, 6) is -0.331. The molecule has 1 unspecified atom stereocenters. The lowest BCUT2D eigenvalue weighted by Gasteiger charge is -2.32. The van der Waals surface area contributed by atoms with Gasteiger partial charge in [-0.3, -0.25) is 9.59 Å². The van der Waals surface area contributed by atoms with E-state index in [1.807, 2.05) is 0 Å². The lowest BCUT2D eigenvalue weighted by Crippen LogP contribution is -2.49. The van der Waals surface area contributed by atoms with Crippen LogP contribution in [0, 0.1) is 0 Å². The Kier molecular flexibility index (Phi) is 5.62. The number of anilines is 1. The minimum Gasteiger partial charge on any atom is -0.497 e. The molecule has 1 heterocycles. The molecule has 158 valence electrons. The number of imide groups is 1. The predicted octanol–water partition coefficient (Wildman–Crippen LogP) is 2.96. The molecule has 30 heavy (non-hydrogen) atoms. The van der Waals surface area contributed by atoms with Crippen LogP contribution in [0.4, 0.5) is 5.69 Å². The largest absolute Gasteiger partial charge is 0.497 e. The molecular formula is C22H24N2O5S. The van der Waals surface area contributed by atoms with E-state index in [0.29, 0.717) is 24.3 Å². The fourth-order valence-electron chi connectivity index (χ4n) is 4.31. The number of amides is 2. The van der Waals surface area contributed by atoms with E-state index in [1.54, 1.807) is 42.5 Å². The maximum atomic E-state index is 13.6. The van der Waals surface area contributed by atoms with Crippen molar-refractivity contribution in [2.24, 2.45) is 0 Å². The van der Waals surface area contributed by atoms with E-state index < -0.39 is 22.0 Å². The molecule has 8 heteroatoms. The summed E-state index contributed by atoms with van der Waals surface area (Å²) in [6.45, 7) is 0. The molecule has 2 aromatic rings. The summed E-state index contributed by atoms with van der Waals surface area (Å²) < 4.78 is 33.6. The maximum absolute atomic E-state index is 13.6. The third-order valence-corrected chi connectivity index (χ3v) is 7.74. The number of methoxy groups -OCH3 is 1. The van der Waals surface area contributed by atoms with Crippen LogP contribution >= 0.6 is 0 Å². The number of carbonyl (C=O) groups excluding carboxylic acids is 2. The summed E-state index contributed by atoms with van der Waals surface area (Å²) in [4.78, 5) is 27.2. The van der Waals surface area contributed by atoms with Crippen LogP contribution in [-0.2, 0) is 19.6 Å². The molecule has 1 saturated heterocycles. The minimum absolute atomic E-state index is 0.0913. The van der Waals surface area contributed by atoms with E-state index in [4.69, 9.17) is 4.74 Å². The third-order valence-electron chi connectivity index (χ3n) is 5.76. The SMILES string of the molecule is COc1ccc(S(=O)(=O)N(C2CCCC2)C2CC(=O)N(c3ccccc3)C2=O)cc1. The van der Waals surface area contributed by atoms with Crippen molar-refractivity contribution in [3.8, 4) is 5.75 Å². The molecule has 1 aliphatic heterocycles. The molecule has 0 N–H and O–H groups in total. The van der Waals surface area contributed by atoms with Crippen LogP contribution in [0.1, 0.15) is 32.1 Å². The van der Waals surface area contributed by atoms with Crippen LogP contribution < -0.4 is 9.64 Å². The molecule has 2 amide bonds. The summed E-state index contributed by atoms with van der Waals surface area (Å²) in [7, 11) is -2.47. The standard InChI is InChI=1S/C22H24N2O5S/c1-29-18-11-13-19(14-12-18)30(27,28)24(17-9-5-6-10-17)20-15-21(25)23(22(20)26)16-7-3-2-4-8-16/h2-4,7-8,11-14,17,20H,5-6,9-10,15H2,1H3. The van der Waals surface area contributed by atoms with Gasteiger partial charge in [-0.15, -0.1) is 0 Å². The second-order valence-corrected chi connectivity index (χ2v) is 9.41. The van der Waals surface area contributed by atoms with Crippen molar-refractivity contribution in [2.75, 3.05) is 12.0 Å². The summed E-state index contributed by atoms with van der Waals surface area (Å²) in [5.41, 5.74) is 0.461. The van der Waals surface area contributed by atoms with Gasteiger partial charge < -0.3 is 4.74 Å². The van der Waals surface area contributed by atoms with E-state index in [-0.39, 0.29) is 23.3 Å². The smallest absolute Gasteiger partial charge is 0.252 e. The molecule has 0 bridgehead atoms. The van der Waals surface area contributed by atoms with E-state index in [9.17, 15) is 18.0 Å². The maximum Gasteiger partial charge on any atom is 0.252 e. The summed E-state index contributed by atoms with van der Waals surface area (Å²) in [5, 5.41) is 0. The first-order chi connectivity index (χ1) is 14.4. The van der Waals surface area contributed by atoms with Crippen molar-refractivity contribution in [3.05, 3.63) is 54.6 Å². The van der Waals surface area contributed by atoms with Gasteiger partial charge in [0.25, 0.3) is 5.91 Å². The number of carbonyl (C=O) groups is 2. The van der Waals surface area contributed by atoms with Crippen molar-refractivity contribution < 1.29 is 22.7 Å². The predicted molar refractivity (Wildman–Crippen MR) is 112 cm³/mol. The first-order valence-corrected chi connectivity index (χ1v) is 11.5. The van der Waals surface area contributed by atoms with Gasteiger partial charge in [0.05, 0.1) is 24.1 Å². The number of benzene rings is 2. The highest BCUT2D eigenvalue weighted by Crippen LogP contribution is 2.35. The Morgan fingerprint density at radius 1 is 0.967 bits per heavy atom. The normalized spacial score (nSPS) is 20.3. The van der Waals surface area contributed by atoms with Gasteiger partial charge in [0.1, 0.15) is 11.8 Å². The van der Waals surface area contributed by atoms with Gasteiger partial charge in [0, 0.05) is 6.04 Å². The van der Waals surface area contributed by atoms with Crippen LogP contribution in [0.5, 0.6) is 5.75 Å². The van der Waals surface area contributed by atoms with E-state index >= 15 is 0 Å². The Balaban J connectivity index is 1.72. The minimum atomic E-state index is -3.98. The zero-order valence-corrected chi connectivity index (χ0v) is 17.5. The highest BCUT2D eigenvalue weighted by molar-refractivity contribution is 7.89. The van der Waals surface area contributed by atoms with Gasteiger partial charge in [-0.25, -0.2) is 13.3 Å². The number of para-hydroxylation sites is 1. The quantitative estimate of drug-likeness (QED) is 0.661. The van der Waals surface area contributed by atoms with Gasteiger partial charge in [-0.2, -0.15) is 4.31 Å². The second kappa shape index (κ2) is 8.20. The average Bonchev–Trinajstić information content (AvgIpc) is 3.37. The first kappa shape index (κ1) is 20.6. The molecule has 1 saturated carbocycles. The number of nitrogens with zero attached hydrogens (tertiary/aromatic N) is 2. The van der Waals surface area contributed by atoms with Crippen molar-refractivity contribution in [3.63, 3.8) is 0 Å². The highest BCUT2D eigenvalue weighted by atomic mass is 32.2. The molecule has 7 nitrogen and oxygen atoms in total. The van der Waals surface area contributed by atoms with Crippen LogP contribution in [0.3, 0.4) is 0 Å². The summed E-state index contributed by atoms with van der Waals surface area (Å²) in [6.07, 6.45) is 3.00. The molecule has 2 aliphatic rings. The molecule has 1 atom stereocenters. The molecule has 0 aromatic heterocycles. The fraction of sp³-hybridized carbons (Fsp3) is 0.364. The van der Waals surface area contributed by atoms with E-state index in [2.05, 4.69) is 0 Å². The molecule has 0 spiro atoms. The van der Waals surface area contributed by atoms with Gasteiger partial charge in [-0.05, 0) is 49.2 Å². The number of rotatable bonds is 6. The molecular weight excluding hydrogens is 404 g/mol. The second-order valence-electron chi connectivity index (χ2n) is 7.57. The molecule has 1 aliphatic carbocycles. The Morgan fingerprint density at radius 3 is 2.20 bits per heavy atom. The van der Waals surface area contributed by atoms with Crippen molar-refractivity contribution in [1.82, 2.24) is 4.31 Å². The zero-order valence-electron chi connectivity index (χ0n) is 16.7. The number of hydrogen-bond donors (Lipinski definition) is 0. The molecule has 0 radical (unpaired) electrons. The number of ether oxygens (including phenoxy) is 1. The van der Waals surface area contributed by atoms with E-state index in [1.165, 1.54) is 23.5 Å². The average molecular weight is 429 g/mol. The first-order valence-electron chi connectivity index (χ1n) is 10.0. The van der Waals surface area contributed by atoms with Crippen LogP contribution in [0.25, 0.3) is 0 Å². The lowest BCUT2D eigenvalue weighted by atomic mass is 10.2. The zero-order chi connectivity index (χ0) is 21.3.